The first-order valence-electron chi connectivity index (χ1n) is 10.1. The fourth-order valence-electron chi connectivity index (χ4n) is 4.81. The van der Waals surface area contributed by atoms with Crippen molar-refractivity contribution in [3.05, 3.63) is 34.6 Å². The van der Waals surface area contributed by atoms with Gasteiger partial charge < -0.3 is 20.4 Å². The van der Waals surface area contributed by atoms with Crippen LogP contribution in [0.4, 0.5) is 0 Å². The number of amides is 1. The number of allylic oxidation sites excluding steroid dienone is 2. The molecule has 0 saturated heterocycles. The van der Waals surface area contributed by atoms with E-state index >= 15 is 0 Å². The van der Waals surface area contributed by atoms with Crippen molar-refractivity contribution in [1.82, 2.24) is 5.01 Å². The van der Waals surface area contributed by atoms with E-state index in [2.05, 4.69) is 5.10 Å². The van der Waals surface area contributed by atoms with Crippen molar-refractivity contribution in [2.24, 2.45) is 11.0 Å². The van der Waals surface area contributed by atoms with Crippen LogP contribution in [0.2, 0.25) is 0 Å². The van der Waals surface area contributed by atoms with E-state index in [9.17, 15) is 30.0 Å². The SMILES string of the molecule is CCC(C1CCCC1)N1N=C(C)/C(=C2\C(=O)C(c3c(O)cc(O)cc3O)=C2O)C1=O. The Morgan fingerprint density at radius 3 is 2.17 bits per heavy atom. The monoisotopic (exact) mass is 412 g/mol. The molecule has 1 heterocycles. The normalized spacial score (nSPS) is 23.3. The number of hydrazone groups is 1. The summed E-state index contributed by atoms with van der Waals surface area (Å²) in [5.41, 5.74) is -0.338. The maximum atomic E-state index is 13.2. The van der Waals surface area contributed by atoms with Crippen LogP contribution >= 0.6 is 0 Å². The van der Waals surface area contributed by atoms with Gasteiger partial charge in [-0.05, 0) is 32.1 Å². The van der Waals surface area contributed by atoms with Gasteiger partial charge in [0.15, 0.2) is 0 Å². The topological polar surface area (TPSA) is 131 Å². The predicted octanol–water partition coefficient (Wildman–Crippen LogP) is 3.14. The molecule has 8 heteroatoms. The molecule has 1 fully saturated rings. The highest BCUT2D eigenvalue weighted by molar-refractivity contribution is 6.44. The van der Waals surface area contributed by atoms with Gasteiger partial charge in [0, 0.05) is 12.1 Å². The standard InChI is InChI=1S/C22H24N2O6/c1-3-13(11-6-4-5-7-11)24-22(30)16(10(2)23-24)18-20(28)19(21(18)29)17-14(26)8-12(25)9-15(17)27/h8-9,11,13,25-28H,3-7H2,1-2H3/b18-16+. The molecule has 1 saturated carbocycles. The van der Waals surface area contributed by atoms with Gasteiger partial charge in [0.2, 0.25) is 5.78 Å². The summed E-state index contributed by atoms with van der Waals surface area (Å²) < 4.78 is 0. The van der Waals surface area contributed by atoms with Gasteiger partial charge in [-0.3, -0.25) is 9.59 Å². The zero-order chi connectivity index (χ0) is 21.7. The lowest BCUT2D eigenvalue weighted by Gasteiger charge is -2.29. The molecule has 0 aromatic heterocycles. The quantitative estimate of drug-likeness (QED) is 0.562. The first-order chi connectivity index (χ1) is 14.3. The fourth-order valence-corrected chi connectivity index (χ4v) is 4.81. The van der Waals surface area contributed by atoms with Gasteiger partial charge in [-0.25, -0.2) is 5.01 Å². The summed E-state index contributed by atoms with van der Waals surface area (Å²) in [6.07, 6.45) is 5.08. The second-order valence-corrected chi connectivity index (χ2v) is 8.02. The van der Waals surface area contributed by atoms with E-state index in [1.807, 2.05) is 6.92 Å². The fraction of sp³-hybridized carbons (Fsp3) is 0.409. The summed E-state index contributed by atoms with van der Waals surface area (Å²) in [7, 11) is 0. The van der Waals surface area contributed by atoms with Crippen LogP contribution in [0.25, 0.3) is 5.57 Å². The minimum Gasteiger partial charge on any atom is -0.508 e. The number of aliphatic hydroxyl groups excluding tert-OH is 1. The Labute approximate surface area is 173 Å². The Morgan fingerprint density at radius 2 is 1.63 bits per heavy atom. The third-order valence-corrected chi connectivity index (χ3v) is 6.23. The van der Waals surface area contributed by atoms with Gasteiger partial charge in [-0.2, -0.15) is 5.10 Å². The van der Waals surface area contributed by atoms with Crippen molar-refractivity contribution in [1.29, 1.82) is 0 Å². The first kappa shape index (κ1) is 20.0. The maximum absolute atomic E-state index is 13.2. The predicted molar refractivity (Wildman–Crippen MR) is 109 cm³/mol. The molecule has 1 aromatic carbocycles. The summed E-state index contributed by atoms with van der Waals surface area (Å²) in [6, 6.07) is 1.85. The Kier molecular flexibility index (Phi) is 4.80. The van der Waals surface area contributed by atoms with Crippen LogP contribution in [0.15, 0.2) is 34.1 Å². The van der Waals surface area contributed by atoms with Crippen LogP contribution in [0.3, 0.4) is 0 Å². The molecule has 30 heavy (non-hydrogen) atoms. The number of carbonyl (C=O) groups is 2. The molecule has 8 nitrogen and oxygen atoms in total. The van der Waals surface area contributed by atoms with Crippen LogP contribution in [0.1, 0.15) is 51.5 Å². The summed E-state index contributed by atoms with van der Waals surface area (Å²) >= 11 is 0. The largest absolute Gasteiger partial charge is 0.508 e. The van der Waals surface area contributed by atoms with E-state index in [1.54, 1.807) is 6.92 Å². The summed E-state index contributed by atoms with van der Waals surface area (Å²) in [6.45, 7) is 3.63. The van der Waals surface area contributed by atoms with E-state index in [4.69, 9.17) is 0 Å². The lowest BCUT2D eigenvalue weighted by molar-refractivity contribution is -0.129. The minimum atomic E-state index is -0.669. The van der Waals surface area contributed by atoms with Crippen LogP contribution in [0, 0.1) is 5.92 Å². The number of phenols is 3. The third kappa shape index (κ3) is 2.86. The smallest absolute Gasteiger partial charge is 0.277 e. The number of ketones is 1. The molecule has 0 radical (unpaired) electrons. The molecule has 1 amide bonds. The van der Waals surface area contributed by atoms with Crippen LogP contribution in [-0.4, -0.2) is 48.9 Å². The van der Waals surface area contributed by atoms with E-state index in [0.29, 0.717) is 11.6 Å². The molecule has 2 aliphatic carbocycles. The number of Topliss-reactive ketones (excluding diaryl/α,β-unsaturated/α-hetero) is 1. The summed E-state index contributed by atoms with van der Waals surface area (Å²) in [4.78, 5) is 26.0. The van der Waals surface area contributed by atoms with Crippen molar-refractivity contribution in [2.75, 3.05) is 0 Å². The molecule has 1 aromatic rings. The number of benzene rings is 1. The van der Waals surface area contributed by atoms with Crippen molar-refractivity contribution in [3.8, 4) is 17.2 Å². The summed E-state index contributed by atoms with van der Waals surface area (Å²) in [5.74, 6) is -2.70. The van der Waals surface area contributed by atoms with Gasteiger partial charge in [0.1, 0.15) is 23.0 Å². The molecule has 4 rings (SSSR count). The van der Waals surface area contributed by atoms with Crippen molar-refractivity contribution < 1.29 is 30.0 Å². The molecule has 4 N–H and O–H groups in total. The molecule has 158 valence electrons. The van der Waals surface area contributed by atoms with Gasteiger partial charge in [-0.15, -0.1) is 0 Å². The van der Waals surface area contributed by atoms with E-state index in [1.165, 1.54) is 5.01 Å². The molecule has 0 bridgehead atoms. The number of nitrogens with zero attached hydrogens (tertiary/aromatic N) is 2. The van der Waals surface area contributed by atoms with Gasteiger partial charge >= 0.3 is 0 Å². The number of carbonyl (C=O) groups excluding carboxylic acids is 2. The van der Waals surface area contributed by atoms with Crippen molar-refractivity contribution in [3.63, 3.8) is 0 Å². The van der Waals surface area contributed by atoms with Crippen LogP contribution in [0.5, 0.6) is 17.2 Å². The van der Waals surface area contributed by atoms with Crippen molar-refractivity contribution in [2.45, 2.75) is 52.0 Å². The van der Waals surface area contributed by atoms with Gasteiger partial charge in [0.05, 0.1) is 34.0 Å². The molecule has 3 aliphatic rings. The lowest BCUT2D eigenvalue weighted by Crippen LogP contribution is -2.39. The highest BCUT2D eigenvalue weighted by Gasteiger charge is 2.46. The number of aromatic hydroxyl groups is 3. The van der Waals surface area contributed by atoms with Gasteiger partial charge in [0.25, 0.3) is 5.91 Å². The second-order valence-electron chi connectivity index (χ2n) is 8.02. The Bertz CT molecular complexity index is 1020. The van der Waals surface area contributed by atoms with E-state index in [0.717, 1.165) is 44.2 Å². The van der Waals surface area contributed by atoms with E-state index < -0.39 is 28.9 Å². The molecule has 0 spiro atoms. The van der Waals surface area contributed by atoms with Gasteiger partial charge in [-0.1, -0.05) is 19.8 Å². The van der Waals surface area contributed by atoms with Crippen molar-refractivity contribution >= 4 is 23.0 Å². The third-order valence-electron chi connectivity index (χ3n) is 6.23. The zero-order valence-corrected chi connectivity index (χ0v) is 16.8. The minimum absolute atomic E-state index is 0.0513. The molecular formula is C22H24N2O6. The van der Waals surface area contributed by atoms with Crippen LogP contribution in [-0.2, 0) is 9.59 Å². The second kappa shape index (κ2) is 7.19. The molecule has 1 aliphatic heterocycles. The highest BCUT2D eigenvalue weighted by Crippen LogP contribution is 2.47. The maximum Gasteiger partial charge on any atom is 0.277 e. The zero-order valence-electron chi connectivity index (χ0n) is 16.8. The first-order valence-corrected chi connectivity index (χ1v) is 10.1. The number of aliphatic hydroxyl groups is 1. The number of hydrogen-bond acceptors (Lipinski definition) is 7. The number of phenolic OH excluding ortho intramolecular Hbond substituents is 3. The lowest BCUT2D eigenvalue weighted by atomic mass is 9.79. The van der Waals surface area contributed by atoms with E-state index in [-0.39, 0.29) is 34.1 Å². The summed E-state index contributed by atoms with van der Waals surface area (Å²) in [5, 5.41) is 46.0. The molecule has 1 atom stereocenters. The average molecular weight is 412 g/mol. The molecule has 1 unspecified atom stereocenters. The number of hydrogen-bond donors (Lipinski definition) is 4. The Hall–Kier alpha value is -3.29. The highest BCUT2D eigenvalue weighted by atomic mass is 16.3. The average Bonchev–Trinajstić information content (AvgIpc) is 3.30. The molecular weight excluding hydrogens is 388 g/mol. The Morgan fingerprint density at radius 1 is 1.03 bits per heavy atom. The number of rotatable bonds is 4. The van der Waals surface area contributed by atoms with Crippen LogP contribution < -0.4 is 0 Å². The Balaban J connectivity index is 1.74.